The number of benzene rings is 3. The molecule has 0 unspecified atom stereocenters. The number of hydrogen-bond donors (Lipinski definition) is 1. The molecule has 6 heteroatoms. The van der Waals surface area contributed by atoms with Crippen molar-refractivity contribution < 1.29 is 4.74 Å². The zero-order valence-corrected chi connectivity index (χ0v) is 22.0. The van der Waals surface area contributed by atoms with Crippen LogP contribution in [0.25, 0.3) is 28.2 Å². The van der Waals surface area contributed by atoms with Crippen molar-refractivity contribution in [3.8, 4) is 28.3 Å². The average molecular weight is 507 g/mol. The van der Waals surface area contributed by atoms with Crippen molar-refractivity contribution in [3.05, 3.63) is 101 Å². The van der Waals surface area contributed by atoms with Crippen LogP contribution < -0.4 is 10.1 Å². The Morgan fingerprint density at radius 1 is 0.946 bits per heavy atom. The lowest BCUT2D eigenvalue weighted by molar-refractivity contribution is 0.415. The first kappa shape index (κ1) is 23.5. The van der Waals surface area contributed by atoms with E-state index < -0.39 is 0 Å². The Morgan fingerprint density at radius 3 is 2.41 bits per heavy atom. The van der Waals surface area contributed by atoms with Crippen LogP contribution in [0.1, 0.15) is 35.2 Å². The molecule has 0 saturated carbocycles. The van der Waals surface area contributed by atoms with Crippen LogP contribution in [-0.2, 0) is 19.5 Å². The molecule has 0 bridgehead atoms. The first-order chi connectivity index (χ1) is 18.1. The maximum atomic E-state index is 6.08. The highest BCUT2D eigenvalue weighted by molar-refractivity contribution is 7.80. The summed E-state index contributed by atoms with van der Waals surface area (Å²) in [4.78, 5) is 0.705. The number of methoxy groups -OCH3 is 1. The second kappa shape index (κ2) is 9.87. The van der Waals surface area contributed by atoms with Gasteiger partial charge in [-0.2, -0.15) is 0 Å². The molecule has 186 valence electrons. The fraction of sp³-hybridized carbons (Fsp3) is 0.226. The molecule has 3 aromatic carbocycles. The normalized spacial score (nSPS) is 12.9. The van der Waals surface area contributed by atoms with Crippen LogP contribution in [0, 0.1) is 6.92 Å². The second-order valence-electron chi connectivity index (χ2n) is 9.63. The number of nitrogens with zero attached hydrogens (tertiary/aromatic N) is 3. The summed E-state index contributed by atoms with van der Waals surface area (Å²) >= 11 is 6.08. The third kappa shape index (κ3) is 4.31. The predicted octanol–water partition coefficient (Wildman–Crippen LogP) is 6.59. The van der Waals surface area contributed by atoms with Crippen molar-refractivity contribution in [2.24, 2.45) is 0 Å². The van der Waals surface area contributed by atoms with Gasteiger partial charge >= 0.3 is 0 Å². The fourth-order valence-corrected chi connectivity index (χ4v) is 5.56. The first-order valence-corrected chi connectivity index (χ1v) is 13.2. The topological polar surface area (TPSA) is 43.5 Å². The Hall–Kier alpha value is -3.90. The summed E-state index contributed by atoms with van der Waals surface area (Å²) < 4.78 is 9.92. The summed E-state index contributed by atoms with van der Waals surface area (Å²) in [5.41, 5.74) is 9.28. The molecule has 6 rings (SSSR count). The zero-order chi connectivity index (χ0) is 25.4. The zero-order valence-electron chi connectivity index (χ0n) is 21.2. The van der Waals surface area contributed by atoms with E-state index in [0.29, 0.717) is 11.5 Å². The average Bonchev–Trinajstić information content (AvgIpc) is 3.35. The molecule has 0 atom stereocenters. The van der Waals surface area contributed by atoms with Crippen molar-refractivity contribution in [3.63, 3.8) is 0 Å². The number of ether oxygens (including phenoxy) is 1. The van der Waals surface area contributed by atoms with Gasteiger partial charge in [-0.25, -0.2) is 4.52 Å². The molecule has 0 saturated heterocycles. The number of thiocarbonyl (C=S) groups is 1. The van der Waals surface area contributed by atoms with E-state index in [2.05, 4.69) is 82.0 Å². The van der Waals surface area contributed by atoms with Gasteiger partial charge in [0.1, 0.15) is 22.1 Å². The summed E-state index contributed by atoms with van der Waals surface area (Å²) in [6.07, 6.45) is 3.24. The molecule has 0 fully saturated rings. The molecule has 0 aliphatic carbocycles. The van der Waals surface area contributed by atoms with Gasteiger partial charge in [0.25, 0.3) is 0 Å². The molecule has 5 aromatic rings. The van der Waals surface area contributed by atoms with Crippen LogP contribution >= 0.6 is 12.2 Å². The number of aromatic nitrogens is 3. The van der Waals surface area contributed by atoms with E-state index >= 15 is 0 Å². The van der Waals surface area contributed by atoms with Gasteiger partial charge in [-0.3, -0.25) is 0 Å². The quantitative estimate of drug-likeness (QED) is 0.264. The Labute approximate surface area is 222 Å². The molecule has 0 spiro atoms. The van der Waals surface area contributed by atoms with E-state index in [0.717, 1.165) is 59.8 Å². The molecule has 0 amide bonds. The van der Waals surface area contributed by atoms with Crippen molar-refractivity contribution in [2.75, 3.05) is 7.11 Å². The van der Waals surface area contributed by atoms with Crippen molar-refractivity contribution in [1.29, 1.82) is 0 Å². The summed E-state index contributed by atoms with van der Waals surface area (Å²) in [5.74, 6) is 1.83. The fourth-order valence-electron chi connectivity index (χ4n) is 5.29. The SMILES string of the molecule is COc1ccc(-c2c3c4n(c(-c5ccc(C)cc5)nn4c2C(=S)NCc2ccccc2)CCCC3)cc1. The second-order valence-corrected chi connectivity index (χ2v) is 10.0. The van der Waals surface area contributed by atoms with Crippen LogP contribution in [0.15, 0.2) is 78.9 Å². The molecule has 0 radical (unpaired) electrons. The third-order valence-corrected chi connectivity index (χ3v) is 7.52. The predicted molar refractivity (Wildman–Crippen MR) is 153 cm³/mol. The number of aryl methyl sites for hydroxylation is 3. The van der Waals surface area contributed by atoms with Crippen molar-refractivity contribution >= 4 is 22.9 Å². The largest absolute Gasteiger partial charge is 0.497 e. The first-order valence-electron chi connectivity index (χ1n) is 12.8. The smallest absolute Gasteiger partial charge is 0.162 e. The standard InChI is InChI=1S/C31H30N4OS/c1-21-11-13-24(14-12-21)29-33-35-28(30(37)32-20-22-8-4-3-5-9-22)27(23-15-17-25(36-2)18-16-23)26-10-6-7-19-34(29)31(26)35/h3-5,8-9,11-18H,6-7,10,19-20H2,1-2H3,(H,32,37). The van der Waals surface area contributed by atoms with Gasteiger partial charge in [-0.1, -0.05) is 84.5 Å². The van der Waals surface area contributed by atoms with Gasteiger partial charge in [0.15, 0.2) is 5.82 Å². The van der Waals surface area contributed by atoms with E-state index in [1.54, 1.807) is 7.11 Å². The van der Waals surface area contributed by atoms with Crippen LogP contribution in [0.5, 0.6) is 5.75 Å². The Morgan fingerprint density at radius 2 is 1.68 bits per heavy atom. The van der Waals surface area contributed by atoms with Gasteiger partial charge in [0.2, 0.25) is 0 Å². The van der Waals surface area contributed by atoms with E-state index in [4.69, 9.17) is 22.1 Å². The molecular weight excluding hydrogens is 476 g/mol. The summed E-state index contributed by atoms with van der Waals surface area (Å²) in [6, 6.07) is 27.3. The minimum absolute atomic E-state index is 0.663. The minimum atomic E-state index is 0.663. The van der Waals surface area contributed by atoms with Gasteiger partial charge < -0.3 is 14.6 Å². The van der Waals surface area contributed by atoms with Crippen LogP contribution in [0.3, 0.4) is 0 Å². The molecule has 1 aliphatic heterocycles. The van der Waals surface area contributed by atoms with E-state index in [1.807, 2.05) is 18.2 Å². The van der Waals surface area contributed by atoms with Crippen molar-refractivity contribution in [1.82, 2.24) is 19.5 Å². The lowest BCUT2D eigenvalue weighted by atomic mass is 9.98. The monoisotopic (exact) mass is 506 g/mol. The van der Waals surface area contributed by atoms with Gasteiger partial charge in [0.05, 0.1) is 7.11 Å². The minimum Gasteiger partial charge on any atom is -0.497 e. The van der Waals surface area contributed by atoms with Crippen molar-refractivity contribution in [2.45, 2.75) is 39.3 Å². The number of rotatable bonds is 6. The Balaban J connectivity index is 1.54. The number of hydrogen-bond acceptors (Lipinski definition) is 3. The molecular formula is C31H30N4OS. The van der Waals surface area contributed by atoms with Gasteiger partial charge in [0, 0.05) is 29.8 Å². The lowest BCUT2D eigenvalue weighted by Gasteiger charge is -2.12. The highest BCUT2D eigenvalue weighted by Crippen LogP contribution is 2.39. The van der Waals surface area contributed by atoms with Gasteiger partial charge in [-0.05, 0) is 49.4 Å². The lowest BCUT2D eigenvalue weighted by Crippen LogP contribution is -2.24. The van der Waals surface area contributed by atoms with Crippen LogP contribution in [-0.4, -0.2) is 26.3 Å². The van der Waals surface area contributed by atoms with E-state index in [-0.39, 0.29) is 0 Å². The maximum Gasteiger partial charge on any atom is 0.162 e. The highest BCUT2D eigenvalue weighted by Gasteiger charge is 2.29. The molecule has 2 aromatic heterocycles. The Bertz CT molecular complexity index is 1560. The maximum absolute atomic E-state index is 6.08. The summed E-state index contributed by atoms with van der Waals surface area (Å²) in [5, 5.41) is 8.74. The molecule has 1 N–H and O–H groups in total. The highest BCUT2D eigenvalue weighted by atomic mass is 32.1. The van der Waals surface area contributed by atoms with Crippen LogP contribution in [0.2, 0.25) is 0 Å². The van der Waals surface area contributed by atoms with Crippen LogP contribution in [0.4, 0.5) is 0 Å². The molecule has 3 heterocycles. The summed E-state index contributed by atoms with van der Waals surface area (Å²) in [7, 11) is 1.70. The Kier molecular flexibility index (Phi) is 6.26. The third-order valence-electron chi connectivity index (χ3n) is 7.18. The van der Waals surface area contributed by atoms with Gasteiger partial charge in [-0.15, -0.1) is 5.10 Å². The van der Waals surface area contributed by atoms with E-state index in [9.17, 15) is 0 Å². The summed E-state index contributed by atoms with van der Waals surface area (Å²) in [6.45, 7) is 3.72. The molecule has 5 nitrogen and oxygen atoms in total. The van der Waals surface area contributed by atoms with E-state index in [1.165, 1.54) is 22.3 Å². The number of nitrogens with one attached hydrogen (secondary N) is 1. The molecule has 1 aliphatic rings. The molecule has 37 heavy (non-hydrogen) atoms.